The maximum absolute atomic E-state index is 13.0. The Hall–Kier alpha value is -14.1. The second-order valence-corrected chi connectivity index (χ2v) is 39.8. The van der Waals surface area contributed by atoms with Crippen LogP contribution < -0.4 is 59.7 Å². The largest absolute Gasteiger partial charge is 0.497 e. The van der Waals surface area contributed by atoms with Gasteiger partial charge in [0.05, 0.1) is 73.4 Å². The molecule has 0 atom stereocenters. The third-order valence-electron chi connectivity index (χ3n) is 18.2. The average molecular weight is 1990 g/mol. The average Bonchev–Trinajstić information content (AvgIpc) is 1.75. The Balaban J connectivity index is 0.000000158. The van der Waals surface area contributed by atoms with Crippen LogP contribution in [0, 0.1) is 5.82 Å². The van der Waals surface area contributed by atoms with Gasteiger partial charge >= 0.3 is 70.3 Å². The van der Waals surface area contributed by atoms with Crippen LogP contribution in [-0.2, 0) is 59.0 Å². The van der Waals surface area contributed by atoms with Crippen LogP contribution in [0.3, 0.4) is 0 Å². The minimum Gasteiger partial charge on any atom is -0.497 e. The summed E-state index contributed by atoms with van der Waals surface area (Å²) in [4.78, 5) is 115. The predicted molar refractivity (Wildman–Crippen MR) is 466 cm³/mol. The first kappa shape index (κ1) is 97.5. The van der Waals surface area contributed by atoms with E-state index in [0.717, 1.165) is 123 Å². The third kappa shape index (κ3) is 21.6. The molecule has 0 bridgehead atoms. The molecule has 0 fully saturated rings. The first-order valence-corrected chi connectivity index (χ1v) is 45.7. The van der Waals surface area contributed by atoms with Gasteiger partial charge in [-0.05, 0) is 133 Å². The topological polar surface area (TPSA) is 509 Å². The molecule has 0 saturated carbocycles. The molecule has 10 heterocycles. The number of nitrogens with zero attached hydrogens (tertiary/aromatic N) is 5. The Kier molecular flexibility index (Phi) is 28.5. The van der Waals surface area contributed by atoms with E-state index < -0.39 is 155 Å². The highest BCUT2D eigenvalue weighted by Crippen LogP contribution is 2.41. The summed E-state index contributed by atoms with van der Waals surface area (Å²) in [6, 6.07) is 36.8. The molecule has 5 aromatic carbocycles. The van der Waals surface area contributed by atoms with Gasteiger partial charge in [-0.25, -0.2) is 86.0 Å². The summed E-state index contributed by atoms with van der Waals surface area (Å²) in [7, 11) is -6.05. The fourth-order valence-corrected chi connectivity index (χ4v) is 21.8. The quantitative estimate of drug-likeness (QED) is 0.0393. The third-order valence-corrected chi connectivity index (χ3v) is 31.6. The summed E-state index contributed by atoms with van der Waals surface area (Å²) in [6.07, 6.45) is -8.98. The van der Waals surface area contributed by atoms with Crippen molar-refractivity contribution in [2.75, 3.05) is 71.6 Å². The summed E-state index contributed by atoms with van der Waals surface area (Å²) in [5.74, 6) is -6.75. The van der Waals surface area contributed by atoms with Crippen molar-refractivity contribution in [3.05, 3.63) is 284 Å². The summed E-state index contributed by atoms with van der Waals surface area (Å²) >= 11 is 5.01. The molecule has 686 valence electrons. The van der Waals surface area contributed by atoms with E-state index in [1.54, 1.807) is 30.1 Å². The van der Waals surface area contributed by atoms with Gasteiger partial charge in [0, 0.05) is 78.2 Å². The Morgan fingerprint density at radius 1 is 0.336 bits per heavy atom. The molecule has 15 aromatic rings. The van der Waals surface area contributed by atoms with Crippen LogP contribution in [0.1, 0.15) is 68.5 Å². The fourth-order valence-electron chi connectivity index (χ4n) is 11.2. The number of rotatable bonds is 22. The highest BCUT2D eigenvalue weighted by molar-refractivity contribution is 7.94. The van der Waals surface area contributed by atoms with Gasteiger partial charge in [0.15, 0.2) is 27.9 Å². The standard InChI is InChI=1S/C17H12F3NO4S.C16H10F3NO6S2.2C16H13NO7S2.C15H10FNO6S2/c1-21(8-9-2-4-10(5-3-9)17(18,19)20)14-7-12-13(26-14)6-11(15(22)23)16(24)25-12;1-20(28(24,25)9-4-2-8(3-5-9)16(17,18)19)13-7-11-12(27-13)6-10(14(21)22)15(23)26-11;1-17(26(21,22)10-5-3-9(23-2)4-6-10)14-8-12-13(25-14)7-11(15(18)19)16(20)24-12;1-17(26(21,22)10-5-3-4-9(6-10)23-2)14-8-12-13(25-14)7-11(15(18)19)16(20)24-12;1-17(25(21,22)9-4-2-8(16)3-5-9)13-7-11-12(24-13)6-10(14(18)19)15(20)23-11/h2-7H,8H2,1H3,(H,22,23);2-7H,1H3,(H,21,22);2*3-8H,1-2H3,(H,18,19);2-7H,1H3,(H,18,19). The van der Waals surface area contributed by atoms with E-state index >= 15 is 0 Å². The maximum Gasteiger partial charge on any atom is 0.416 e. The number of hydrogen-bond donors (Lipinski definition) is 5. The molecule has 0 aliphatic carbocycles. The lowest BCUT2D eigenvalue weighted by Crippen LogP contribution is -2.25. The number of ether oxygens (including phenoxy) is 2. The summed E-state index contributed by atoms with van der Waals surface area (Å²) in [5, 5.41) is 46.4. The summed E-state index contributed by atoms with van der Waals surface area (Å²) in [5.41, 5.74) is -8.08. The van der Waals surface area contributed by atoms with Crippen LogP contribution in [0.15, 0.2) is 248 Å². The predicted octanol–water partition coefficient (Wildman–Crippen LogP) is 14.9. The lowest BCUT2D eigenvalue weighted by Gasteiger charge is -2.17. The Bertz CT molecular complexity index is 7820. The van der Waals surface area contributed by atoms with Crippen molar-refractivity contribution in [3.8, 4) is 11.5 Å². The zero-order chi connectivity index (χ0) is 96.4. The van der Waals surface area contributed by atoms with Gasteiger partial charge in [-0.15, -0.1) is 56.7 Å². The number of carbonyl (C=O) groups is 5. The molecule has 10 aromatic heterocycles. The summed E-state index contributed by atoms with van der Waals surface area (Å²) in [6.45, 7) is 0.334. The zero-order valence-electron chi connectivity index (χ0n) is 67.0. The summed E-state index contributed by atoms with van der Waals surface area (Å²) < 4.78 is 231. The monoisotopic (exact) mass is 1990 g/mol. The first-order chi connectivity index (χ1) is 61.2. The molecule has 15 rings (SSSR count). The first-order valence-electron chi connectivity index (χ1n) is 35.8. The van der Waals surface area contributed by atoms with Gasteiger partial charge in [0.25, 0.3) is 40.1 Å². The number of carboxylic acids is 5. The number of sulfonamides is 4. The number of benzene rings is 5. The number of methoxy groups -OCH3 is 2. The van der Waals surface area contributed by atoms with E-state index in [1.807, 2.05) is 0 Å². The molecule has 0 aliphatic rings. The lowest BCUT2D eigenvalue weighted by molar-refractivity contribution is -0.138. The van der Waals surface area contributed by atoms with E-state index in [1.165, 1.54) is 145 Å². The van der Waals surface area contributed by atoms with Gasteiger partial charge in [0.2, 0.25) is 0 Å². The second-order valence-electron chi connectivity index (χ2n) is 26.6. The molecule has 51 heteroatoms. The molecule has 0 aliphatic heterocycles. The molecule has 35 nitrogen and oxygen atoms in total. The molecule has 0 unspecified atom stereocenters. The van der Waals surface area contributed by atoms with Crippen molar-refractivity contribution in [1.82, 2.24) is 0 Å². The lowest BCUT2D eigenvalue weighted by atomic mass is 10.1. The van der Waals surface area contributed by atoms with Crippen LogP contribution >= 0.6 is 56.7 Å². The second kappa shape index (κ2) is 38.3. The van der Waals surface area contributed by atoms with E-state index in [2.05, 4.69) is 0 Å². The number of anilines is 5. The minimum atomic E-state index is -4.60. The van der Waals surface area contributed by atoms with Gasteiger partial charge < -0.3 is 62.0 Å². The van der Waals surface area contributed by atoms with Crippen molar-refractivity contribution >= 4 is 203 Å². The smallest absolute Gasteiger partial charge is 0.416 e. The molecular weight excluding hydrogens is 1930 g/mol. The Labute approximate surface area is 749 Å². The number of carboxylic acid groups (broad SMARTS) is 5. The molecular formula is C80H58F7N5O30S9. The van der Waals surface area contributed by atoms with Crippen molar-refractivity contribution in [1.29, 1.82) is 0 Å². The maximum atomic E-state index is 13.0. The van der Waals surface area contributed by atoms with E-state index in [4.69, 9.17) is 57.1 Å². The van der Waals surface area contributed by atoms with Gasteiger partial charge in [-0.2, -0.15) is 26.3 Å². The van der Waals surface area contributed by atoms with Crippen LogP contribution in [0.5, 0.6) is 11.5 Å². The number of hydrogen-bond acceptors (Lipinski definition) is 31. The molecule has 0 spiro atoms. The number of aromatic carboxylic acids is 5. The van der Waals surface area contributed by atoms with Crippen molar-refractivity contribution < 1.29 is 145 Å². The van der Waals surface area contributed by atoms with Crippen LogP contribution in [-0.4, -0.2) is 139 Å². The van der Waals surface area contributed by atoms with Crippen molar-refractivity contribution in [3.63, 3.8) is 0 Å². The van der Waals surface area contributed by atoms with Gasteiger partial charge in [-0.3, -0.25) is 17.2 Å². The fraction of sp³-hybridized carbons (Fsp3) is 0.125. The van der Waals surface area contributed by atoms with E-state index in [9.17, 15) is 112 Å². The van der Waals surface area contributed by atoms with Crippen molar-refractivity contribution in [2.24, 2.45) is 0 Å². The number of alkyl halides is 6. The van der Waals surface area contributed by atoms with Crippen LogP contribution in [0.2, 0.25) is 0 Å². The van der Waals surface area contributed by atoms with Crippen LogP contribution in [0.25, 0.3) is 51.4 Å². The molecule has 0 radical (unpaired) electrons. The molecule has 0 saturated heterocycles. The molecule has 131 heavy (non-hydrogen) atoms. The van der Waals surface area contributed by atoms with Crippen molar-refractivity contribution in [2.45, 2.75) is 38.5 Å². The molecule has 5 N–H and O–H groups in total. The number of fused-ring (bicyclic) bond motifs is 5. The SMILES string of the molecule is CN(Cc1ccc(C(F)(F)F)cc1)c1cc2oc(=O)c(C(=O)O)cc2s1.CN(c1cc2oc(=O)c(C(=O)O)cc2s1)S(=O)(=O)c1ccc(C(F)(F)F)cc1.CN(c1cc2oc(=O)c(C(=O)O)cc2s1)S(=O)(=O)c1ccc(F)cc1.COc1ccc(S(=O)(=O)N(C)c2cc3oc(=O)c(C(=O)O)cc3s2)cc1.COc1cccc(S(=O)(=O)N(C)c2cc3oc(=O)c(C(=O)O)cc3s2)c1. The highest BCUT2D eigenvalue weighted by Gasteiger charge is 2.35. The number of halogens is 7. The minimum absolute atomic E-state index is 0.00975. The normalized spacial score (nSPS) is 11.7. The Morgan fingerprint density at radius 2 is 0.588 bits per heavy atom. The Morgan fingerprint density at radius 3 is 0.863 bits per heavy atom. The van der Waals surface area contributed by atoms with E-state index in [0.29, 0.717) is 59.5 Å². The van der Waals surface area contributed by atoms with Gasteiger partial charge in [0.1, 0.15) is 65.1 Å². The van der Waals surface area contributed by atoms with Crippen LogP contribution in [0.4, 0.5) is 55.7 Å². The zero-order valence-corrected chi connectivity index (χ0v) is 74.4. The highest BCUT2D eigenvalue weighted by atomic mass is 32.2. The van der Waals surface area contributed by atoms with E-state index in [-0.39, 0.29) is 72.2 Å². The van der Waals surface area contributed by atoms with Gasteiger partial charge in [-0.1, -0.05) is 18.2 Å². The number of thiophene rings is 5. The molecule has 0 amide bonds.